The van der Waals surface area contributed by atoms with E-state index >= 15 is 0 Å². The van der Waals surface area contributed by atoms with Crippen LogP contribution in [0.5, 0.6) is 0 Å². The Kier molecular flexibility index (Phi) is 2.69. The smallest absolute Gasteiger partial charge is 0.0632 e. The molecule has 1 aliphatic carbocycles. The van der Waals surface area contributed by atoms with Crippen molar-refractivity contribution < 1.29 is 0 Å². The highest BCUT2D eigenvalue weighted by atomic mass is 79.9. The second-order valence-electron chi connectivity index (χ2n) is 3.72. The fraction of sp³-hybridized carbons (Fsp3) is 0.667. The van der Waals surface area contributed by atoms with Gasteiger partial charge in [0.05, 0.1) is 16.7 Å². The molecule has 1 saturated carbocycles. The van der Waals surface area contributed by atoms with Crippen LogP contribution >= 0.6 is 15.9 Å². The maximum absolute atomic E-state index is 5.92. The minimum atomic E-state index is 0.363. The van der Waals surface area contributed by atoms with Crippen LogP contribution in [-0.4, -0.2) is 15.8 Å². The maximum atomic E-state index is 5.92. The second-order valence-corrected chi connectivity index (χ2v) is 4.63. The Morgan fingerprint density at radius 1 is 1.54 bits per heavy atom. The van der Waals surface area contributed by atoms with Gasteiger partial charge in [-0.1, -0.05) is 0 Å². The Bertz CT molecular complexity index is 284. The predicted molar refractivity (Wildman–Crippen MR) is 55.4 cm³/mol. The van der Waals surface area contributed by atoms with Gasteiger partial charge in [-0.25, -0.2) is 0 Å². The third-order valence-corrected chi connectivity index (χ3v) is 3.04. The Hall–Kier alpha value is -0.350. The molecule has 1 unspecified atom stereocenters. The predicted octanol–water partition coefficient (Wildman–Crippen LogP) is 2.09. The first-order chi connectivity index (χ1) is 6.25. The van der Waals surface area contributed by atoms with Crippen LogP contribution < -0.4 is 5.73 Å². The van der Waals surface area contributed by atoms with Crippen LogP contribution in [-0.2, 0) is 0 Å². The van der Waals surface area contributed by atoms with Crippen LogP contribution in [0.4, 0.5) is 0 Å². The number of nitrogens with zero attached hydrogens (tertiary/aromatic N) is 2. The van der Waals surface area contributed by atoms with Gasteiger partial charge in [0.1, 0.15) is 0 Å². The van der Waals surface area contributed by atoms with E-state index in [1.165, 1.54) is 19.3 Å². The molecule has 0 radical (unpaired) electrons. The molecule has 0 aliphatic heterocycles. The first-order valence-electron chi connectivity index (χ1n) is 4.71. The Balaban J connectivity index is 2.08. The molecule has 2 N–H and O–H groups in total. The van der Waals surface area contributed by atoms with Gasteiger partial charge in [0.2, 0.25) is 0 Å². The zero-order chi connectivity index (χ0) is 9.26. The third kappa shape index (κ3) is 2.11. The Labute approximate surface area is 86.4 Å². The molecule has 0 saturated heterocycles. The molecule has 1 fully saturated rings. The minimum absolute atomic E-state index is 0.363. The number of hydrogen-bond acceptors (Lipinski definition) is 2. The fourth-order valence-electron chi connectivity index (χ4n) is 1.96. The first kappa shape index (κ1) is 9.21. The van der Waals surface area contributed by atoms with Crippen molar-refractivity contribution in [2.75, 3.05) is 0 Å². The molecule has 0 amide bonds. The molecule has 0 aromatic carbocycles. The average molecular weight is 244 g/mol. The molecule has 0 spiro atoms. The number of aromatic nitrogens is 2. The van der Waals surface area contributed by atoms with E-state index in [9.17, 15) is 0 Å². The van der Waals surface area contributed by atoms with Gasteiger partial charge in [-0.15, -0.1) is 0 Å². The summed E-state index contributed by atoms with van der Waals surface area (Å²) in [5.41, 5.74) is 5.92. The molecule has 1 aromatic heterocycles. The molecule has 4 heteroatoms. The van der Waals surface area contributed by atoms with Crippen LogP contribution in [0.1, 0.15) is 31.7 Å². The van der Waals surface area contributed by atoms with E-state index in [0.717, 1.165) is 10.9 Å². The molecule has 0 bridgehead atoms. The number of hydrogen-bond donors (Lipinski definition) is 1. The van der Waals surface area contributed by atoms with Gasteiger partial charge >= 0.3 is 0 Å². The lowest BCUT2D eigenvalue weighted by atomic mass is 9.92. The summed E-state index contributed by atoms with van der Waals surface area (Å²) in [4.78, 5) is 0. The topological polar surface area (TPSA) is 43.8 Å². The number of rotatable bonds is 1. The Morgan fingerprint density at radius 3 is 3.00 bits per heavy atom. The summed E-state index contributed by atoms with van der Waals surface area (Å²) in [6.45, 7) is 0. The molecule has 1 heterocycles. The summed E-state index contributed by atoms with van der Waals surface area (Å²) in [7, 11) is 0. The van der Waals surface area contributed by atoms with Crippen molar-refractivity contribution in [2.45, 2.75) is 37.8 Å². The SMILES string of the molecule is NC1CCC[C@@H](n2cc(Br)cn2)C1. The summed E-state index contributed by atoms with van der Waals surface area (Å²) in [5.74, 6) is 0. The summed E-state index contributed by atoms with van der Waals surface area (Å²) >= 11 is 3.40. The van der Waals surface area contributed by atoms with Gasteiger partial charge in [0.25, 0.3) is 0 Å². The molecule has 3 nitrogen and oxygen atoms in total. The van der Waals surface area contributed by atoms with Crippen LogP contribution in [0.2, 0.25) is 0 Å². The Morgan fingerprint density at radius 2 is 2.38 bits per heavy atom. The normalized spacial score (nSPS) is 29.1. The minimum Gasteiger partial charge on any atom is -0.328 e. The van der Waals surface area contributed by atoms with Crippen LogP contribution in [0.25, 0.3) is 0 Å². The molecule has 1 aliphatic rings. The zero-order valence-electron chi connectivity index (χ0n) is 7.49. The first-order valence-corrected chi connectivity index (χ1v) is 5.50. The second kappa shape index (κ2) is 3.80. The third-order valence-electron chi connectivity index (χ3n) is 2.63. The fourth-order valence-corrected chi connectivity index (χ4v) is 2.26. The van der Waals surface area contributed by atoms with Gasteiger partial charge in [-0.05, 0) is 41.6 Å². The molecular weight excluding hydrogens is 230 g/mol. The largest absolute Gasteiger partial charge is 0.328 e. The van der Waals surface area contributed by atoms with Gasteiger partial charge in [-0.2, -0.15) is 5.10 Å². The molecule has 2 rings (SSSR count). The lowest BCUT2D eigenvalue weighted by molar-refractivity contribution is 0.300. The van der Waals surface area contributed by atoms with Crippen molar-refractivity contribution >= 4 is 15.9 Å². The van der Waals surface area contributed by atoms with E-state index in [4.69, 9.17) is 5.73 Å². The summed E-state index contributed by atoms with van der Waals surface area (Å²) in [5, 5.41) is 4.29. The molecule has 2 atom stereocenters. The van der Waals surface area contributed by atoms with E-state index in [0.29, 0.717) is 12.1 Å². The van der Waals surface area contributed by atoms with E-state index < -0.39 is 0 Å². The quantitative estimate of drug-likeness (QED) is 0.821. The standard InChI is InChI=1S/C9H14BrN3/c10-7-5-12-13(6-7)9-3-1-2-8(11)4-9/h5-6,8-9H,1-4,11H2/t8?,9-/m1/s1. The van der Waals surface area contributed by atoms with Crippen LogP contribution in [0.15, 0.2) is 16.9 Å². The van der Waals surface area contributed by atoms with Crippen LogP contribution in [0, 0.1) is 0 Å². The van der Waals surface area contributed by atoms with E-state index in [1.54, 1.807) is 0 Å². The van der Waals surface area contributed by atoms with Crippen molar-refractivity contribution in [1.29, 1.82) is 0 Å². The number of halogens is 1. The van der Waals surface area contributed by atoms with Crippen molar-refractivity contribution in [3.8, 4) is 0 Å². The van der Waals surface area contributed by atoms with Crippen molar-refractivity contribution in [3.05, 3.63) is 16.9 Å². The van der Waals surface area contributed by atoms with Crippen molar-refractivity contribution in [2.24, 2.45) is 5.73 Å². The maximum Gasteiger partial charge on any atom is 0.0632 e. The average Bonchev–Trinajstić information content (AvgIpc) is 2.52. The molecular formula is C9H14BrN3. The lowest BCUT2D eigenvalue weighted by Gasteiger charge is -2.26. The monoisotopic (exact) mass is 243 g/mol. The molecule has 72 valence electrons. The van der Waals surface area contributed by atoms with Gasteiger partial charge in [0.15, 0.2) is 0 Å². The summed E-state index contributed by atoms with van der Waals surface area (Å²) in [6.07, 6.45) is 8.53. The van der Waals surface area contributed by atoms with Gasteiger partial charge < -0.3 is 5.73 Å². The van der Waals surface area contributed by atoms with Crippen molar-refractivity contribution in [1.82, 2.24) is 9.78 Å². The molecule has 13 heavy (non-hydrogen) atoms. The van der Waals surface area contributed by atoms with E-state index in [1.807, 2.05) is 17.1 Å². The van der Waals surface area contributed by atoms with E-state index in [-0.39, 0.29) is 0 Å². The van der Waals surface area contributed by atoms with Crippen molar-refractivity contribution in [3.63, 3.8) is 0 Å². The van der Waals surface area contributed by atoms with Gasteiger partial charge in [0, 0.05) is 12.2 Å². The summed E-state index contributed by atoms with van der Waals surface area (Å²) < 4.78 is 3.08. The highest BCUT2D eigenvalue weighted by Crippen LogP contribution is 2.27. The number of nitrogens with two attached hydrogens (primary N) is 1. The van der Waals surface area contributed by atoms with Crippen LogP contribution in [0.3, 0.4) is 0 Å². The highest BCUT2D eigenvalue weighted by Gasteiger charge is 2.20. The zero-order valence-corrected chi connectivity index (χ0v) is 9.07. The van der Waals surface area contributed by atoms with Gasteiger partial charge in [-0.3, -0.25) is 4.68 Å². The summed E-state index contributed by atoms with van der Waals surface area (Å²) in [6, 6.07) is 0.872. The lowest BCUT2D eigenvalue weighted by Crippen LogP contribution is -2.29. The highest BCUT2D eigenvalue weighted by molar-refractivity contribution is 9.10. The molecule has 1 aromatic rings. The van der Waals surface area contributed by atoms with E-state index in [2.05, 4.69) is 21.0 Å².